The Balaban J connectivity index is 2.12. The molecule has 3 aliphatic rings. The number of aliphatic hydroxyl groups excluding tert-OH is 1. The number of hydrogen-bond donors (Lipinski definition) is 3. The fraction of sp³-hybridized carbons (Fsp3) is 0.765. The molecule has 0 spiro atoms. The minimum absolute atomic E-state index is 0.0693. The van der Waals surface area contributed by atoms with E-state index in [1.54, 1.807) is 13.8 Å². The van der Waals surface area contributed by atoms with Crippen molar-refractivity contribution in [2.24, 2.45) is 17.8 Å². The van der Waals surface area contributed by atoms with Crippen molar-refractivity contribution in [1.29, 1.82) is 0 Å². The Morgan fingerprint density at radius 2 is 2.00 bits per heavy atom. The molecule has 2 aliphatic carbocycles. The van der Waals surface area contributed by atoms with Gasteiger partial charge in [0.1, 0.15) is 23.9 Å². The summed E-state index contributed by atoms with van der Waals surface area (Å²) in [5.74, 6) is -2.74. The van der Waals surface area contributed by atoms with Crippen molar-refractivity contribution in [3.05, 3.63) is 11.6 Å². The molecule has 0 bridgehead atoms. The van der Waals surface area contributed by atoms with Crippen LogP contribution in [0, 0.1) is 17.8 Å². The lowest BCUT2D eigenvalue weighted by Gasteiger charge is -2.36. The fourth-order valence-corrected chi connectivity index (χ4v) is 4.53. The van der Waals surface area contributed by atoms with Crippen LogP contribution in [0.25, 0.3) is 0 Å². The number of carbonyl (C=O) groups excluding carboxylic acids is 2. The first kappa shape index (κ1) is 17.4. The molecule has 2 fully saturated rings. The maximum Gasteiger partial charge on any atom is 0.309 e. The highest BCUT2D eigenvalue weighted by Crippen LogP contribution is 2.53. The van der Waals surface area contributed by atoms with Crippen LogP contribution < -0.4 is 0 Å². The molecule has 7 heteroatoms. The van der Waals surface area contributed by atoms with Crippen LogP contribution in [-0.4, -0.2) is 56.8 Å². The van der Waals surface area contributed by atoms with E-state index >= 15 is 0 Å². The molecule has 3 N–H and O–H groups in total. The van der Waals surface area contributed by atoms with Gasteiger partial charge in [-0.25, -0.2) is 0 Å². The van der Waals surface area contributed by atoms with Crippen LogP contribution in [0.3, 0.4) is 0 Å². The molecule has 0 amide bonds. The molecule has 0 radical (unpaired) electrons. The Kier molecular flexibility index (Phi) is 3.82. The topological polar surface area (TPSA) is 113 Å². The second-order valence-electron chi connectivity index (χ2n) is 7.66. The molecular weight excluding hydrogens is 316 g/mol. The van der Waals surface area contributed by atoms with E-state index in [1.165, 1.54) is 19.9 Å². The lowest BCUT2D eigenvalue weighted by molar-refractivity contribution is -0.155. The molecule has 1 saturated heterocycles. The number of esters is 2. The molecule has 7 nitrogen and oxygen atoms in total. The minimum atomic E-state index is -1.59. The lowest BCUT2D eigenvalue weighted by atomic mass is 9.75. The molecule has 1 saturated carbocycles. The lowest BCUT2D eigenvalue weighted by Crippen LogP contribution is -2.49. The summed E-state index contributed by atoms with van der Waals surface area (Å²) in [6.07, 6.45) is -1.17. The molecule has 134 valence electrons. The zero-order chi connectivity index (χ0) is 18.0. The first-order valence-corrected chi connectivity index (χ1v) is 8.19. The number of hydrogen-bond acceptors (Lipinski definition) is 7. The van der Waals surface area contributed by atoms with Crippen molar-refractivity contribution in [1.82, 2.24) is 0 Å². The van der Waals surface area contributed by atoms with Crippen LogP contribution in [0.2, 0.25) is 0 Å². The van der Waals surface area contributed by atoms with E-state index in [1.807, 2.05) is 0 Å². The summed E-state index contributed by atoms with van der Waals surface area (Å²) in [6.45, 7) is 5.98. The van der Waals surface area contributed by atoms with Crippen LogP contribution >= 0.6 is 0 Å². The Labute approximate surface area is 140 Å². The normalized spacial score (nSPS) is 50.5. The summed E-state index contributed by atoms with van der Waals surface area (Å²) in [7, 11) is 0. The van der Waals surface area contributed by atoms with E-state index in [0.29, 0.717) is 5.57 Å². The van der Waals surface area contributed by atoms with E-state index in [0.717, 1.165) is 0 Å². The van der Waals surface area contributed by atoms with Gasteiger partial charge in [-0.3, -0.25) is 9.59 Å². The number of aliphatic hydroxyl groups is 3. The Morgan fingerprint density at radius 1 is 1.38 bits per heavy atom. The van der Waals surface area contributed by atoms with Gasteiger partial charge in [0.2, 0.25) is 0 Å². The van der Waals surface area contributed by atoms with Gasteiger partial charge in [-0.05, 0) is 19.4 Å². The Bertz CT molecular complexity index is 606. The molecule has 1 heterocycles. The van der Waals surface area contributed by atoms with Crippen molar-refractivity contribution in [3.63, 3.8) is 0 Å². The summed E-state index contributed by atoms with van der Waals surface area (Å²) in [6, 6.07) is 0. The minimum Gasteiger partial charge on any atom is -0.462 e. The Hall–Kier alpha value is -1.44. The van der Waals surface area contributed by atoms with Crippen LogP contribution in [0.5, 0.6) is 0 Å². The summed E-state index contributed by atoms with van der Waals surface area (Å²) in [4.78, 5) is 23.6. The SMILES string of the molecule is CC(=O)OC1CC(C)(O)C2=CC(O)C(C)(O)C2C2OC(=O)C(C)C12. The summed E-state index contributed by atoms with van der Waals surface area (Å²) < 4.78 is 10.9. The van der Waals surface area contributed by atoms with Crippen LogP contribution in [0.15, 0.2) is 11.6 Å². The standard InChI is InChI=1S/C17H24O7/c1-7-12-10(23-8(2)18)6-16(3,21)9-5-11(19)17(4,22)13(9)14(12)24-15(7)20/h5,7,10-14,19,21-22H,6H2,1-4H3. The van der Waals surface area contributed by atoms with Crippen LogP contribution in [-0.2, 0) is 19.1 Å². The summed E-state index contributed by atoms with van der Waals surface area (Å²) in [5, 5.41) is 31.9. The predicted molar refractivity (Wildman–Crippen MR) is 81.5 cm³/mol. The van der Waals surface area contributed by atoms with Crippen molar-refractivity contribution >= 4 is 11.9 Å². The van der Waals surface area contributed by atoms with Gasteiger partial charge in [-0.2, -0.15) is 0 Å². The highest BCUT2D eigenvalue weighted by Gasteiger charge is 2.63. The molecule has 1 aliphatic heterocycles. The smallest absolute Gasteiger partial charge is 0.309 e. The number of rotatable bonds is 1. The second kappa shape index (κ2) is 5.28. The van der Waals surface area contributed by atoms with Gasteiger partial charge >= 0.3 is 11.9 Å². The van der Waals surface area contributed by atoms with Gasteiger partial charge in [0.05, 0.1) is 17.4 Å². The third kappa shape index (κ3) is 2.37. The van der Waals surface area contributed by atoms with Gasteiger partial charge < -0.3 is 24.8 Å². The highest BCUT2D eigenvalue weighted by atomic mass is 16.6. The Morgan fingerprint density at radius 3 is 2.58 bits per heavy atom. The van der Waals surface area contributed by atoms with E-state index in [4.69, 9.17) is 9.47 Å². The van der Waals surface area contributed by atoms with E-state index in [9.17, 15) is 24.9 Å². The van der Waals surface area contributed by atoms with Crippen molar-refractivity contribution in [2.75, 3.05) is 0 Å². The number of carbonyl (C=O) groups is 2. The molecule has 3 rings (SSSR count). The third-order valence-corrected chi connectivity index (χ3v) is 5.78. The van der Waals surface area contributed by atoms with Gasteiger partial charge in [0, 0.05) is 19.3 Å². The molecule has 0 aromatic heterocycles. The van der Waals surface area contributed by atoms with Crippen molar-refractivity contribution in [3.8, 4) is 0 Å². The largest absolute Gasteiger partial charge is 0.462 e. The van der Waals surface area contributed by atoms with Gasteiger partial charge in [0.25, 0.3) is 0 Å². The predicted octanol–water partition coefficient (Wildman–Crippen LogP) is -0.0814. The maximum absolute atomic E-state index is 12.1. The van der Waals surface area contributed by atoms with Gasteiger partial charge in [-0.15, -0.1) is 0 Å². The van der Waals surface area contributed by atoms with E-state index in [2.05, 4.69) is 0 Å². The average Bonchev–Trinajstić information content (AvgIpc) is 2.80. The van der Waals surface area contributed by atoms with Gasteiger partial charge in [0.15, 0.2) is 0 Å². The molecule has 8 unspecified atom stereocenters. The van der Waals surface area contributed by atoms with Crippen molar-refractivity contribution < 1.29 is 34.4 Å². The first-order chi connectivity index (χ1) is 11.0. The fourth-order valence-electron chi connectivity index (χ4n) is 4.53. The quantitative estimate of drug-likeness (QED) is 0.452. The summed E-state index contributed by atoms with van der Waals surface area (Å²) >= 11 is 0. The van der Waals surface area contributed by atoms with Gasteiger partial charge in [-0.1, -0.05) is 13.0 Å². The average molecular weight is 340 g/mol. The maximum atomic E-state index is 12.1. The zero-order valence-electron chi connectivity index (χ0n) is 14.2. The third-order valence-electron chi connectivity index (χ3n) is 5.78. The summed E-state index contributed by atoms with van der Waals surface area (Å²) in [5.41, 5.74) is -2.56. The second-order valence-corrected chi connectivity index (χ2v) is 7.66. The van der Waals surface area contributed by atoms with E-state index < -0.39 is 59.2 Å². The van der Waals surface area contributed by atoms with Crippen molar-refractivity contribution in [2.45, 2.75) is 63.6 Å². The zero-order valence-corrected chi connectivity index (χ0v) is 14.2. The first-order valence-electron chi connectivity index (χ1n) is 8.19. The van der Waals surface area contributed by atoms with Crippen LogP contribution in [0.4, 0.5) is 0 Å². The number of fused-ring (bicyclic) bond motifs is 3. The molecule has 8 atom stereocenters. The van der Waals surface area contributed by atoms with Crippen LogP contribution in [0.1, 0.15) is 34.1 Å². The molecule has 24 heavy (non-hydrogen) atoms. The monoisotopic (exact) mass is 340 g/mol. The number of ether oxygens (including phenoxy) is 2. The highest BCUT2D eigenvalue weighted by molar-refractivity contribution is 5.75. The van der Waals surface area contributed by atoms with E-state index in [-0.39, 0.29) is 6.42 Å². The molecule has 0 aromatic rings. The molecular formula is C17H24O7. The molecule has 0 aromatic carbocycles.